The van der Waals surface area contributed by atoms with Gasteiger partial charge >= 0.3 is 15.2 Å². The number of H-pyrrole nitrogens is 1. The number of aromatic nitrogens is 2. The van der Waals surface area contributed by atoms with E-state index >= 15 is 0 Å². The number of nitrogens with one attached hydrogen (secondary N) is 2. The van der Waals surface area contributed by atoms with Gasteiger partial charge in [-0.3, -0.25) is 9.59 Å². The standard InChI is InChI=1S/C28H29N5O4S2/c1-2-27(35)32-18-16-31(17-19-32)22-14-12-21(13-15-22)29-26(34)20-38-28-30-24-10-6-7-11-25(24)33(28)39(36,37)23-8-4-3-5-9-23/h3-15H,2,16-20H2,1H3,(H,29,34)/p+1. The molecule has 1 aliphatic rings. The SMILES string of the molecule is CCC(=O)N1CCN(c2ccc(NC(=O)CSc3[nH]c4ccccc4[n+]3S(=O)(=O)c3ccccc3)cc2)CC1. The highest BCUT2D eigenvalue weighted by atomic mass is 32.2. The van der Waals surface area contributed by atoms with Crippen LogP contribution in [0.2, 0.25) is 0 Å². The molecule has 1 fully saturated rings. The highest BCUT2D eigenvalue weighted by Crippen LogP contribution is 2.23. The second-order valence-corrected chi connectivity index (χ2v) is 11.9. The van der Waals surface area contributed by atoms with Gasteiger partial charge in [-0.25, -0.2) is 4.98 Å². The first-order valence-electron chi connectivity index (χ1n) is 12.8. The third kappa shape index (κ3) is 5.79. The second kappa shape index (κ2) is 11.5. The smallest absolute Gasteiger partial charge is 0.336 e. The first kappa shape index (κ1) is 26.8. The summed E-state index contributed by atoms with van der Waals surface area (Å²) in [7, 11) is -3.88. The Balaban J connectivity index is 1.25. The van der Waals surface area contributed by atoms with E-state index in [4.69, 9.17) is 0 Å². The molecule has 0 spiro atoms. The van der Waals surface area contributed by atoms with Crippen molar-refractivity contribution in [3.8, 4) is 0 Å². The molecule has 2 amide bonds. The van der Waals surface area contributed by atoms with Gasteiger partial charge in [-0.2, -0.15) is 8.42 Å². The van der Waals surface area contributed by atoms with Crippen LogP contribution >= 0.6 is 11.8 Å². The quantitative estimate of drug-likeness (QED) is 0.251. The van der Waals surface area contributed by atoms with Gasteiger partial charge < -0.3 is 15.1 Å². The zero-order valence-corrected chi connectivity index (χ0v) is 23.2. The minimum atomic E-state index is -3.88. The van der Waals surface area contributed by atoms with Crippen LogP contribution in [0.5, 0.6) is 0 Å². The molecule has 2 N–H and O–H groups in total. The molecule has 0 bridgehead atoms. The normalized spacial score (nSPS) is 14.0. The van der Waals surface area contributed by atoms with E-state index in [0.29, 0.717) is 41.4 Å². The largest absolute Gasteiger partial charge is 0.368 e. The number of rotatable bonds is 8. The molecule has 1 aromatic heterocycles. The number of nitrogens with zero attached hydrogens (tertiary/aromatic N) is 3. The number of carbonyl (C=O) groups excluding carboxylic acids is 2. The maximum Gasteiger partial charge on any atom is 0.336 e. The molecular formula is C28H30N5O4S2+. The van der Waals surface area contributed by atoms with Gasteiger partial charge in [0.1, 0.15) is 4.90 Å². The lowest BCUT2D eigenvalue weighted by Crippen LogP contribution is -2.48. The Morgan fingerprint density at radius 3 is 2.28 bits per heavy atom. The van der Waals surface area contributed by atoms with Crippen LogP contribution in [-0.2, 0) is 19.6 Å². The van der Waals surface area contributed by atoms with Crippen molar-refractivity contribution in [1.29, 1.82) is 0 Å². The summed E-state index contributed by atoms with van der Waals surface area (Å²) in [5.74, 6) is -0.0466. The van der Waals surface area contributed by atoms with Crippen LogP contribution in [0.25, 0.3) is 11.0 Å². The Kier molecular flexibility index (Phi) is 7.89. The third-order valence-corrected chi connectivity index (χ3v) is 9.43. The van der Waals surface area contributed by atoms with Crippen molar-refractivity contribution in [2.45, 2.75) is 23.4 Å². The van der Waals surface area contributed by atoms with Crippen LogP contribution in [0.4, 0.5) is 11.4 Å². The van der Waals surface area contributed by atoms with Gasteiger partial charge in [0.05, 0.1) is 5.75 Å². The fraction of sp³-hybridized carbons (Fsp3) is 0.250. The zero-order chi connectivity index (χ0) is 27.4. The van der Waals surface area contributed by atoms with E-state index in [1.165, 1.54) is 3.97 Å². The lowest BCUT2D eigenvalue weighted by atomic mass is 10.2. The van der Waals surface area contributed by atoms with Crippen LogP contribution in [0.3, 0.4) is 0 Å². The molecule has 0 atom stereocenters. The molecule has 4 aromatic rings. The van der Waals surface area contributed by atoms with E-state index < -0.39 is 10.0 Å². The molecule has 11 heteroatoms. The molecule has 3 aromatic carbocycles. The topological polar surface area (TPSA) is 106 Å². The summed E-state index contributed by atoms with van der Waals surface area (Å²) >= 11 is 1.13. The van der Waals surface area contributed by atoms with Gasteiger partial charge in [0.2, 0.25) is 11.8 Å². The van der Waals surface area contributed by atoms with Gasteiger partial charge in [-0.05, 0) is 60.3 Å². The number of piperazine rings is 1. The monoisotopic (exact) mass is 564 g/mol. The van der Waals surface area contributed by atoms with Crippen molar-refractivity contribution < 1.29 is 22.0 Å². The van der Waals surface area contributed by atoms with Crippen LogP contribution < -0.4 is 14.2 Å². The number of benzene rings is 3. The summed E-state index contributed by atoms with van der Waals surface area (Å²) in [5.41, 5.74) is 2.87. The van der Waals surface area contributed by atoms with Gasteiger partial charge in [0, 0.05) is 44.0 Å². The molecule has 0 unspecified atom stereocenters. The highest BCUT2D eigenvalue weighted by molar-refractivity contribution is 8.00. The summed E-state index contributed by atoms with van der Waals surface area (Å²) in [6, 6.07) is 23.0. The average molecular weight is 565 g/mol. The number of imidazole rings is 1. The number of fused-ring (bicyclic) bond motifs is 1. The molecule has 1 aliphatic heterocycles. The van der Waals surface area contributed by atoms with E-state index in [9.17, 15) is 18.0 Å². The van der Waals surface area contributed by atoms with E-state index in [1.807, 2.05) is 42.2 Å². The number of aromatic amines is 1. The predicted molar refractivity (Wildman–Crippen MR) is 152 cm³/mol. The second-order valence-electron chi connectivity index (χ2n) is 9.13. The molecule has 9 nitrogen and oxygen atoms in total. The number of thioether (sulfide) groups is 1. The summed E-state index contributed by atoms with van der Waals surface area (Å²) in [6.07, 6.45) is 0.524. The molecule has 0 aliphatic carbocycles. The number of carbonyl (C=O) groups is 2. The van der Waals surface area contributed by atoms with Crippen molar-refractivity contribution in [1.82, 2.24) is 9.88 Å². The molecule has 2 heterocycles. The molecule has 39 heavy (non-hydrogen) atoms. The molecule has 5 rings (SSSR count). The van der Waals surface area contributed by atoms with Crippen LogP contribution in [0.1, 0.15) is 13.3 Å². The number of anilines is 2. The lowest BCUT2D eigenvalue weighted by molar-refractivity contribution is -0.526. The first-order chi connectivity index (χ1) is 18.9. The average Bonchev–Trinajstić information content (AvgIpc) is 3.36. The Morgan fingerprint density at radius 1 is 0.923 bits per heavy atom. The molecule has 0 saturated carbocycles. The number of hydrogen-bond donors (Lipinski definition) is 2. The minimum Gasteiger partial charge on any atom is -0.368 e. The van der Waals surface area contributed by atoms with E-state index in [2.05, 4.69) is 15.2 Å². The van der Waals surface area contributed by atoms with Gasteiger partial charge in [-0.15, -0.1) is 3.97 Å². The zero-order valence-electron chi connectivity index (χ0n) is 21.5. The Labute approximate surface area is 231 Å². The van der Waals surface area contributed by atoms with Crippen molar-refractivity contribution in [3.63, 3.8) is 0 Å². The summed E-state index contributed by atoms with van der Waals surface area (Å²) < 4.78 is 28.3. The molecule has 202 valence electrons. The maximum absolute atomic E-state index is 13.5. The third-order valence-electron chi connectivity index (χ3n) is 6.62. The lowest BCUT2D eigenvalue weighted by Gasteiger charge is -2.36. The first-order valence-corrected chi connectivity index (χ1v) is 15.2. The van der Waals surface area contributed by atoms with Crippen molar-refractivity contribution in [2.24, 2.45) is 0 Å². The Morgan fingerprint density at radius 2 is 1.59 bits per heavy atom. The Hall–Kier alpha value is -3.83. The van der Waals surface area contributed by atoms with Gasteiger partial charge in [0.15, 0.2) is 11.0 Å². The van der Waals surface area contributed by atoms with Crippen molar-refractivity contribution in [3.05, 3.63) is 78.9 Å². The van der Waals surface area contributed by atoms with E-state index in [1.54, 1.807) is 48.5 Å². The summed E-state index contributed by atoms with van der Waals surface area (Å²) in [4.78, 5) is 32.1. The molecule has 1 saturated heterocycles. The summed E-state index contributed by atoms with van der Waals surface area (Å²) in [5, 5.41) is 3.24. The molecule has 0 radical (unpaired) electrons. The Bertz CT molecular complexity index is 1580. The van der Waals surface area contributed by atoms with Gasteiger partial charge in [-0.1, -0.05) is 37.3 Å². The van der Waals surface area contributed by atoms with Crippen LogP contribution in [0, 0.1) is 0 Å². The van der Waals surface area contributed by atoms with Crippen LogP contribution in [0.15, 0.2) is 88.9 Å². The van der Waals surface area contributed by atoms with Gasteiger partial charge in [0.25, 0.3) is 0 Å². The summed E-state index contributed by atoms with van der Waals surface area (Å²) in [6.45, 7) is 4.83. The number of amides is 2. The van der Waals surface area contributed by atoms with E-state index in [-0.39, 0.29) is 22.5 Å². The van der Waals surface area contributed by atoms with Crippen molar-refractivity contribution in [2.75, 3.05) is 42.1 Å². The minimum absolute atomic E-state index is 0.0201. The number of para-hydroxylation sites is 2. The fourth-order valence-electron chi connectivity index (χ4n) is 4.59. The highest BCUT2D eigenvalue weighted by Gasteiger charge is 2.32. The van der Waals surface area contributed by atoms with Crippen molar-refractivity contribution >= 4 is 56.0 Å². The van der Waals surface area contributed by atoms with Crippen LogP contribution in [-0.4, -0.2) is 62.0 Å². The van der Waals surface area contributed by atoms with E-state index in [0.717, 1.165) is 30.5 Å². The fourth-order valence-corrected chi connectivity index (χ4v) is 7.17. The number of hydrogen-bond acceptors (Lipinski definition) is 6. The maximum atomic E-state index is 13.5. The predicted octanol–water partition coefficient (Wildman–Crippen LogP) is 3.48. The molecular weight excluding hydrogens is 534 g/mol.